The average Bonchev–Trinajstić information content (AvgIpc) is 3.04. The van der Waals surface area contributed by atoms with Gasteiger partial charge in [0.05, 0.1) is 12.7 Å². The monoisotopic (exact) mass is 313 g/mol. The summed E-state index contributed by atoms with van der Waals surface area (Å²) in [5.74, 6) is 1.58. The lowest BCUT2D eigenvalue weighted by atomic mass is 10.1. The Balaban J connectivity index is 1.55. The van der Waals surface area contributed by atoms with Crippen LogP contribution in [0.2, 0.25) is 0 Å². The molecule has 1 N–H and O–H groups in total. The summed E-state index contributed by atoms with van der Waals surface area (Å²) in [4.78, 5) is 6.54. The van der Waals surface area contributed by atoms with Crippen molar-refractivity contribution >= 4 is 5.96 Å². The molecule has 0 aromatic carbocycles. The van der Waals surface area contributed by atoms with E-state index < -0.39 is 0 Å². The smallest absolute Gasteiger partial charge is 0.193 e. The van der Waals surface area contributed by atoms with Crippen LogP contribution in [0.3, 0.4) is 0 Å². The van der Waals surface area contributed by atoms with Crippen LogP contribution in [0.5, 0.6) is 0 Å². The van der Waals surface area contributed by atoms with Gasteiger partial charge in [0.2, 0.25) is 0 Å². The van der Waals surface area contributed by atoms with Crippen molar-refractivity contribution in [1.82, 2.24) is 10.2 Å². The van der Waals surface area contributed by atoms with Crippen LogP contribution in [-0.4, -0.2) is 77.2 Å². The highest BCUT2D eigenvalue weighted by Gasteiger charge is 2.19. The number of ether oxygens (including phenoxy) is 3. The highest BCUT2D eigenvalue weighted by molar-refractivity contribution is 5.79. The van der Waals surface area contributed by atoms with Gasteiger partial charge < -0.3 is 24.4 Å². The molecule has 0 bridgehead atoms. The van der Waals surface area contributed by atoms with E-state index >= 15 is 0 Å². The summed E-state index contributed by atoms with van der Waals surface area (Å²) in [5, 5.41) is 3.41. The van der Waals surface area contributed by atoms with Crippen molar-refractivity contribution in [2.45, 2.75) is 31.8 Å². The van der Waals surface area contributed by atoms with Crippen molar-refractivity contribution in [2.24, 2.45) is 10.9 Å². The van der Waals surface area contributed by atoms with E-state index in [1.54, 1.807) is 0 Å². The lowest BCUT2D eigenvalue weighted by molar-refractivity contribution is -0.0320. The van der Waals surface area contributed by atoms with E-state index in [1.807, 2.05) is 7.05 Å². The van der Waals surface area contributed by atoms with Crippen LogP contribution in [0.15, 0.2) is 4.99 Å². The maximum absolute atomic E-state index is 5.88. The van der Waals surface area contributed by atoms with Gasteiger partial charge >= 0.3 is 0 Å². The number of hydrogen-bond donors (Lipinski definition) is 1. The van der Waals surface area contributed by atoms with E-state index in [0.29, 0.717) is 12.0 Å². The van der Waals surface area contributed by atoms with Crippen LogP contribution in [0.1, 0.15) is 25.7 Å². The summed E-state index contributed by atoms with van der Waals surface area (Å²) in [5.41, 5.74) is 0. The fourth-order valence-electron chi connectivity index (χ4n) is 2.95. The molecule has 1 atom stereocenters. The lowest BCUT2D eigenvalue weighted by Gasteiger charge is -2.25. The molecule has 6 nitrogen and oxygen atoms in total. The molecule has 2 heterocycles. The Morgan fingerprint density at radius 3 is 2.68 bits per heavy atom. The largest absolute Gasteiger partial charge is 0.381 e. The zero-order chi connectivity index (χ0) is 15.6. The third-order valence-corrected chi connectivity index (χ3v) is 4.26. The summed E-state index contributed by atoms with van der Waals surface area (Å²) < 4.78 is 16.6. The maximum Gasteiger partial charge on any atom is 0.193 e. The van der Waals surface area contributed by atoms with Crippen molar-refractivity contribution in [3.63, 3.8) is 0 Å². The number of hydrogen-bond acceptors (Lipinski definition) is 4. The molecule has 2 saturated heterocycles. The standard InChI is InChI=1S/C16H31N3O3/c1-17-16(19(2)12-14-4-9-21-13-14)18-7-3-8-22-15-5-10-20-11-6-15/h14-15H,3-13H2,1-2H3,(H,17,18). The Bertz CT molecular complexity index is 327. The second-order valence-electron chi connectivity index (χ2n) is 6.12. The number of guanidine groups is 1. The molecular weight excluding hydrogens is 282 g/mol. The van der Waals surface area contributed by atoms with Crippen molar-refractivity contribution in [1.29, 1.82) is 0 Å². The molecule has 0 radical (unpaired) electrons. The molecule has 6 heteroatoms. The third-order valence-electron chi connectivity index (χ3n) is 4.26. The summed E-state index contributed by atoms with van der Waals surface area (Å²) in [7, 11) is 3.93. The number of nitrogens with one attached hydrogen (secondary N) is 1. The molecular formula is C16H31N3O3. The molecule has 22 heavy (non-hydrogen) atoms. The minimum absolute atomic E-state index is 0.387. The number of rotatable bonds is 7. The molecule has 2 rings (SSSR count). The van der Waals surface area contributed by atoms with Gasteiger partial charge in [-0.05, 0) is 25.7 Å². The second kappa shape index (κ2) is 10.0. The van der Waals surface area contributed by atoms with Crippen molar-refractivity contribution in [3.05, 3.63) is 0 Å². The maximum atomic E-state index is 5.88. The lowest BCUT2D eigenvalue weighted by Crippen LogP contribution is -2.42. The summed E-state index contributed by atoms with van der Waals surface area (Å²) in [6.07, 6.45) is 4.60. The van der Waals surface area contributed by atoms with Crippen molar-refractivity contribution < 1.29 is 14.2 Å². The molecule has 0 aliphatic carbocycles. The van der Waals surface area contributed by atoms with E-state index in [4.69, 9.17) is 14.2 Å². The predicted molar refractivity (Wildman–Crippen MR) is 87.3 cm³/mol. The number of nitrogens with zero attached hydrogens (tertiary/aromatic N) is 2. The van der Waals surface area contributed by atoms with Crippen LogP contribution in [-0.2, 0) is 14.2 Å². The first-order chi connectivity index (χ1) is 10.8. The van der Waals surface area contributed by atoms with Crippen LogP contribution in [0.4, 0.5) is 0 Å². The SMILES string of the molecule is CN=C(NCCCOC1CCOCC1)N(C)CC1CCOC1. The topological polar surface area (TPSA) is 55.3 Å². The van der Waals surface area contributed by atoms with Crippen LogP contribution in [0, 0.1) is 5.92 Å². The molecule has 1 unspecified atom stereocenters. The average molecular weight is 313 g/mol. The molecule has 0 saturated carbocycles. The van der Waals surface area contributed by atoms with Crippen LogP contribution >= 0.6 is 0 Å². The first kappa shape index (κ1) is 17.5. The van der Waals surface area contributed by atoms with E-state index in [-0.39, 0.29) is 0 Å². The molecule has 0 aromatic rings. The minimum atomic E-state index is 0.387. The molecule has 0 spiro atoms. The fourth-order valence-corrected chi connectivity index (χ4v) is 2.95. The Kier molecular flexibility index (Phi) is 7.98. The highest BCUT2D eigenvalue weighted by atomic mass is 16.5. The van der Waals surface area contributed by atoms with Gasteiger partial charge in [0.1, 0.15) is 0 Å². The summed E-state index contributed by atoms with van der Waals surface area (Å²) >= 11 is 0. The van der Waals surface area contributed by atoms with Gasteiger partial charge in [0.15, 0.2) is 5.96 Å². The van der Waals surface area contributed by atoms with Crippen LogP contribution in [0.25, 0.3) is 0 Å². The summed E-state index contributed by atoms with van der Waals surface area (Å²) in [6.45, 7) is 6.14. The number of aliphatic imine (C=N–C) groups is 1. The zero-order valence-corrected chi connectivity index (χ0v) is 14.1. The predicted octanol–water partition coefficient (Wildman–Crippen LogP) is 1.12. The molecule has 2 aliphatic rings. The van der Waals surface area contributed by atoms with E-state index in [2.05, 4.69) is 22.3 Å². The van der Waals surface area contributed by atoms with Crippen molar-refractivity contribution in [3.8, 4) is 0 Å². The molecule has 2 aliphatic heterocycles. The summed E-state index contributed by atoms with van der Waals surface area (Å²) in [6, 6.07) is 0. The van der Waals surface area contributed by atoms with Gasteiger partial charge in [0.25, 0.3) is 0 Å². The first-order valence-corrected chi connectivity index (χ1v) is 8.48. The highest BCUT2D eigenvalue weighted by Crippen LogP contribution is 2.13. The zero-order valence-electron chi connectivity index (χ0n) is 14.1. The quantitative estimate of drug-likeness (QED) is 0.434. The Morgan fingerprint density at radius 2 is 2.00 bits per heavy atom. The van der Waals surface area contributed by atoms with E-state index in [0.717, 1.165) is 77.8 Å². The Labute approximate surface area is 134 Å². The molecule has 0 aromatic heterocycles. The minimum Gasteiger partial charge on any atom is -0.381 e. The van der Waals surface area contributed by atoms with Gasteiger partial charge in [0, 0.05) is 59.5 Å². The molecule has 0 amide bonds. The van der Waals surface area contributed by atoms with Gasteiger partial charge in [-0.3, -0.25) is 4.99 Å². The van der Waals surface area contributed by atoms with Crippen LogP contribution < -0.4 is 5.32 Å². The van der Waals surface area contributed by atoms with Gasteiger partial charge in [-0.25, -0.2) is 0 Å². The van der Waals surface area contributed by atoms with Gasteiger partial charge in [-0.15, -0.1) is 0 Å². The van der Waals surface area contributed by atoms with Crippen molar-refractivity contribution in [2.75, 3.05) is 60.2 Å². The second-order valence-corrected chi connectivity index (χ2v) is 6.12. The first-order valence-electron chi connectivity index (χ1n) is 8.48. The Morgan fingerprint density at radius 1 is 1.23 bits per heavy atom. The van der Waals surface area contributed by atoms with E-state index in [1.165, 1.54) is 0 Å². The normalized spacial score (nSPS) is 23.7. The molecule has 2 fully saturated rings. The fraction of sp³-hybridized carbons (Fsp3) is 0.938. The van der Waals surface area contributed by atoms with Gasteiger partial charge in [-0.1, -0.05) is 0 Å². The third kappa shape index (κ3) is 6.10. The van der Waals surface area contributed by atoms with E-state index in [9.17, 15) is 0 Å². The van der Waals surface area contributed by atoms with Gasteiger partial charge in [-0.2, -0.15) is 0 Å². The Hall–Kier alpha value is -0.850. The molecule has 128 valence electrons.